The summed E-state index contributed by atoms with van der Waals surface area (Å²) in [6.07, 6.45) is 0. The summed E-state index contributed by atoms with van der Waals surface area (Å²) in [5.74, 6) is 2.82. The molecule has 28 heavy (non-hydrogen) atoms. The number of nitrogens with one attached hydrogen (secondary N) is 1. The molecule has 1 atom stereocenters. The van der Waals surface area contributed by atoms with Crippen LogP contribution < -0.4 is 19.5 Å². The molecule has 0 bridgehead atoms. The van der Waals surface area contributed by atoms with Gasteiger partial charge in [0.1, 0.15) is 18.4 Å². The summed E-state index contributed by atoms with van der Waals surface area (Å²) in [5.41, 5.74) is 0.592. The number of nitrogens with zero attached hydrogens (tertiary/aromatic N) is 1. The summed E-state index contributed by atoms with van der Waals surface area (Å²) in [4.78, 5) is 26.8. The largest absolute Gasteiger partial charge is 0.492 e. The fourth-order valence-corrected chi connectivity index (χ4v) is 4.19. The second-order valence-corrected chi connectivity index (χ2v) is 7.31. The molecule has 2 aromatic carbocycles. The highest BCUT2D eigenvalue weighted by Gasteiger charge is 2.34. The number of hydrogen-bond donors (Lipinski definition) is 1. The fourth-order valence-electron chi connectivity index (χ4n) is 3.03. The molecular weight excluding hydrogens is 380 g/mol. The van der Waals surface area contributed by atoms with E-state index < -0.39 is 6.04 Å². The van der Waals surface area contributed by atoms with Crippen molar-refractivity contribution in [1.29, 1.82) is 0 Å². The minimum absolute atomic E-state index is 0.123. The maximum absolute atomic E-state index is 12.7. The molecule has 4 rings (SSSR count). The van der Waals surface area contributed by atoms with Crippen LogP contribution in [0.15, 0.2) is 48.5 Å². The number of fused-ring (bicyclic) bond motifs is 1. The Balaban J connectivity index is 1.27. The molecule has 1 saturated heterocycles. The van der Waals surface area contributed by atoms with Crippen molar-refractivity contribution in [3.63, 3.8) is 0 Å². The molecule has 2 aromatic rings. The molecule has 0 aliphatic carbocycles. The molecule has 0 spiro atoms. The molecule has 0 radical (unpaired) electrons. The lowest BCUT2D eigenvalue weighted by Crippen LogP contribution is -2.48. The van der Waals surface area contributed by atoms with Crippen LogP contribution in [0.3, 0.4) is 0 Å². The van der Waals surface area contributed by atoms with Crippen LogP contribution in [0.5, 0.6) is 17.2 Å². The number of hydrogen-bond acceptors (Lipinski definition) is 6. The third-order valence-electron chi connectivity index (χ3n) is 4.48. The standard InChI is InChI=1S/C20H20N2O5S/c23-19(16-11-28-12-22(16)20(24)14-4-2-1-3-5-14)21-8-9-25-15-6-7-17-18(10-15)27-13-26-17/h1-7,10,16H,8-9,11-13H2,(H,21,23)/t16-/m0/s1. The van der Waals surface area contributed by atoms with Gasteiger partial charge < -0.3 is 24.4 Å². The molecule has 0 aromatic heterocycles. The first-order chi connectivity index (χ1) is 13.7. The van der Waals surface area contributed by atoms with Gasteiger partial charge in [-0.3, -0.25) is 9.59 Å². The van der Waals surface area contributed by atoms with E-state index >= 15 is 0 Å². The monoisotopic (exact) mass is 400 g/mol. The Bertz CT molecular complexity index is 861. The minimum Gasteiger partial charge on any atom is -0.492 e. The van der Waals surface area contributed by atoms with Crippen molar-refractivity contribution >= 4 is 23.6 Å². The van der Waals surface area contributed by atoms with Gasteiger partial charge in [-0.1, -0.05) is 18.2 Å². The highest BCUT2D eigenvalue weighted by Crippen LogP contribution is 2.35. The zero-order chi connectivity index (χ0) is 19.3. The molecule has 1 fully saturated rings. The van der Waals surface area contributed by atoms with Crippen molar-refractivity contribution in [2.45, 2.75) is 6.04 Å². The Labute approximate surface area is 166 Å². The van der Waals surface area contributed by atoms with E-state index in [0.717, 1.165) is 0 Å². The summed E-state index contributed by atoms with van der Waals surface area (Å²) in [5, 5.41) is 2.86. The third kappa shape index (κ3) is 4.01. The molecule has 2 aliphatic heterocycles. The number of carbonyl (C=O) groups excluding carboxylic acids is 2. The van der Waals surface area contributed by atoms with Gasteiger partial charge >= 0.3 is 0 Å². The highest BCUT2D eigenvalue weighted by molar-refractivity contribution is 7.99. The van der Waals surface area contributed by atoms with E-state index in [1.807, 2.05) is 18.2 Å². The number of benzene rings is 2. The number of rotatable bonds is 6. The van der Waals surface area contributed by atoms with Crippen molar-refractivity contribution in [3.8, 4) is 17.2 Å². The van der Waals surface area contributed by atoms with Crippen molar-refractivity contribution < 1.29 is 23.8 Å². The second-order valence-electron chi connectivity index (χ2n) is 6.31. The summed E-state index contributed by atoms with van der Waals surface area (Å²) in [7, 11) is 0. The highest BCUT2D eigenvalue weighted by atomic mass is 32.2. The van der Waals surface area contributed by atoms with E-state index in [0.29, 0.717) is 47.6 Å². The van der Waals surface area contributed by atoms with Gasteiger partial charge in [0.25, 0.3) is 5.91 Å². The predicted octanol–water partition coefficient (Wildman–Crippen LogP) is 2.13. The molecule has 2 aliphatic rings. The third-order valence-corrected chi connectivity index (χ3v) is 5.49. The van der Waals surface area contributed by atoms with Crippen LogP contribution in [0.4, 0.5) is 0 Å². The molecule has 0 unspecified atom stereocenters. The maximum Gasteiger partial charge on any atom is 0.255 e. The zero-order valence-electron chi connectivity index (χ0n) is 15.1. The molecule has 7 nitrogen and oxygen atoms in total. The summed E-state index contributed by atoms with van der Waals surface area (Å²) >= 11 is 1.58. The van der Waals surface area contributed by atoms with Crippen LogP contribution in [0.2, 0.25) is 0 Å². The number of ether oxygens (including phenoxy) is 3. The Morgan fingerprint density at radius 1 is 1.14 bits per heavy atom. The van der Waals surface area contributed by atoms with Crippen molar-refractivity contribution in [2.24, 2.45) is 0 Å². The lowest BCUT2D eigenvalue weighted by molar-refractivity contribution is -0.124. The number of thioether (sulfide) groups is 1. The van der Waals surface area contributed by atoms with Crippen LogP contribution in [0, 0.1) is 0 Å². The number of amides is 2. The van der Waals surface area contributed by atoms with Gasteiger partial charge in [0, 0.05) is 17.4 Å². The first kappa shape index (κ1) is 18.5. The summed E-state index contributed by atoms with van der Waals surface area (Å²) in [6, 6.07) is 13.9. The van der Waals surface area contributed by atoms with Crippen molar-refractivity contribution in [2.75, 3.05) is 31.6 Å². The Kier molecular flexibility index (Phi) is 5.57. The van der Waals surface area contributed by atoms with E-state index in [2.05, 4.69) is 5.32 Å². The van der Waals surface area contributed by atoms with Crippen LogP contribution in [-0.2, 0) is 4.79 Å². The average Bonchev–Trinajstić information content (AvgIpc) is 3.40. The van der Waals surface area contributed by atoms with E-state index in [1.165, 1.54) is 0 Å². The molecule has 0 saturated carbocycles. The SMILES string of the molecule is O=C(NCCOc1ccc2c(c1)OCO2)[C@@H]1CSCN1C(=O)c1ccccc1. The second kappa shape index (κ2) is 8.43. The maximum atomic E-state index is 12.7. The van der Waals surface area contributed by atoms with Gasteiger partial charge in [-0.05, 0) is 24.3 Å². The van der Waals surface area contributed by atoms with E-state index in [4.69, 9.17) is 14.2 Å². The van der Waals surface area contributed by atoms with Gasteiger partial charge in [0.05, 0.1) is 12.4 Å². The Morgan fingerprint density at radius 2 is 1.96 bits per heavy atom. The van der Waals surface area contributed by atoms with Gasteiger partial charge in [-0.2, -0.15) is 0 Å². The summed E-state index contributed by atoms with van der Waals surface area (Å²) < 4.78 is 16.2. The van der Waals surface area contributed by atoms with E-state index in [9.17, 15) is 9.59 Å². The van der Waals surface area contributed by atoms with Crippen molar-refractivity contribution in [3.05, 3.63) is 54.1 Å². The first-order valence-corrected chi connectivity index (χ1v) is 10.1. The zero-order valence-corrected chi connectivity index (χ0v) is 15.9. The topological polar surface area (TPSA) is 77.1 Å². The van der Waals surface area contributed by atoms with Gasteiger partial charge in [-0.15, -0.1) is 11.8 Å². The molecule has 2 amide bonds. The van der Waals surface area contributed by atoms with Crippen LogP contribution in [0.1, 0.15) is 10.4 Å². The minimum atomic E-state index is -0.469. The molecule has 1 N–H and O–H groups in total. The normalized spacial score (nSPS) is 17.4. The fraction of sp³-hybridized carbons (Fsp3) is 0.300. The van der Waals surface area contributed by atoms with Crippen LogP contribution >= 0.6 is 11.8 Å². The number of carbonyl (C=O) groups is 2. The lowest BCUT2D eigenvalue weighted by atomic mass is 10.1. The quantitative estimate of drug-likeness (QED) is 0.749. The predicted molar refractivity (Wildman–Crippen MR) is 105 cm³/mol. The van der Waals surface area contributed by atoms with Gasteiger partial charge in [0.2, 0.25) is 12.7 Å². The van der Waals surface area contributed by atoms with Crippen molar-refractivity contribution in [1.82, 2.24) is 10.2 Å². The lowest BCUT2D eigenvalue weighted by Gasteiger charge is -2.23. The average molecular weight is 400 g/mol. The first-order valence-electron chi connectivity index (χ1n) is 8.96. The van der Waals surface area contributed by atoms with Gasteiger partial charge in [-0.25, -0.2) is 0 Å². The summed E-state index contributed by atoms with van der Waals surface area (Å²) in [6.45, 7) is 0.881. The van der Waals surface area contributed by atoms with E-state index in [-0.39, 0.29) is 18.6 Å². The van der Waals surface area contributed by atoms with Gasteiger partial charge in [0.15, 0.2) is 11.5 Å². The Hall–Kier alpha value is -2.87. The molecule has 8 heteroatoms. The molecule has 146 valence electrons. The smallest absolute Gasteiger partial charge is 0.255 e. The van der Waals surface area contributed by atoms with Crippen LogP contribution in [0.25, 0.3) is 0 Å². The molecular formula is C20H20N2O5S. The molecule has 2 heterocycles. The Morgan fingerprint density at radius 3 is 2.82 bits per heavy atom. The van der Waals surface area contributed by atoms with Crippen LogP contribution in [-0.4, -0.2) is 54.3 Å². The van der Waals surface area contributed by atoms with E-state index in [1.54, 1.807) is 47.0 Å².